The van der Waals surface area contributed by atoms with Crippen LogP contribution in [0.5, 0.6) is 0 Å². The van der Waals surface area contributed by atoms with Crippen LogP contribution in [0.15, 0.2) is 0 Å². The van der Waals surface area contributed by atoms with E-state index in [1.807, 2.05) is 11.8 Å². The van der Waals surface area contributed by atoms with Gasteiger partial charge in [-0.05, 0) is 20.0 Å². The van der Waals surface area contributed by atoms with E-state index in [9.17, 15) is 9.00 Å². The van der Waals surface area contributed by atoms with Crippen LogP contribution in [-0.2, 0) is 15.6 Å². The third-order valence-corrected chi connectivity index (χ3v) is 4.80. The molecule has 0 aliphatic carbocycles. The van der Waals surface area contributed by atoms with Crippen molar-refractivity contribution in [2.45, 2.75) is 18.6 Å². The van der Waals surface area contributed by atoms with E-state index in [1.165, 1.54) is 0 Å². The number of carbonyl (C=O) groups excluding carboxylic acids is 1. The molecule has 0 aromatic rings. The second-order valence-corrected chi connectivity index (χ2v) is 6.76. The fourth-order valence-electron chi connectivity index (χ4n) is 1.83. The Labute approximate surface area is 112 Å². The second-order valence-electron chi connectivity index (χ2n) is 4.96. The maximum absolute atomic E-state index is 11.9. The van der Waals surface area contributed by atoms with Gasteiger partial charge < -0.3 is 15.1 Å². The summed E-state index contributed by atoms with van der Waals surface area (Å²) in [5.41, 5.74) is 0. The summed E-state index contributed by atoms with van der Waals surface area (Å²) in [7, 11) is 1.30. The van der Waals surface area contributed by atoms with Gasteiger partial charge in [0.15, 0.2) is 0 Å². The van der Waals surface area contributed by atoms with Gasteiger partial charge in [-0.1, -0.05) is 6.92 Å². The fourth-order valence-corrected chi connectivity index (χ4v) is 2.28. The molecular weight excluding hydrogens is 250 g/mol. The Bertz CT molecular complexity index is 291. The zero-order valence-corrected chi connectivity index (χ0v) is 12.5. The van der Waals surface area contributed by atoms with Gasteiger partial charge in [-0.3, -0.25) is 9.00 Å². The summed E-state index contributed by atoms with van der Waals surface area (Å²) in [6.07, 6.45) is 2.57. The summed E-state index contributed by atoms with van der Waals surface area (Å²) in [5.74, 6) is 0.174. The SMILES string of the molecule is CC(CCNCC(=O)N1CCN(C)CC1)S(C)=O. The van der Waals surface area contributed by atoms with Crippen LogP contribution in [0.2, 0.25) is 0 Å². The first kappa shape index (κ1) is 15.6. The first-order valence-electron chi connectivity index (χ1n) is 6.50. The number of hydrogen-bond donors (Lipinski definition) is 1. The molecule has 0 aromatic heterocycles. The molecule has 18 heavy (non-hydrogen) atoms. The van der Waals surface area contributed by atoms with Gasteiger partial charge in [0.25, 0.3) is 0 Å². The highest BCUT2D eigenvalue weighted by atomic mass is 32.2. The average molecular weight is 275 g/mol. The van der Waals surface area contributed by atoms with E-state index in [4.69, 9.17) is 0 Å². The van der Waals surface area contributed by atoms with Crippen molar-refractivity contribution in [2.75, 3.05) is 52.6 Å². The lowest BCUT2D eigenvalue weighted by Crippen LogP contribution is -2.49. The topological polar surface area (TPSA) is 52.7 Å². The largest absolute Gasteiger partial charge is 0.339 e. The molecule has 1 aliphatic heterocycles. The Balaban J connectivity index is 2.12. The van der Waals surface area contributed by atoms with Crippen molar-refractivity contribution in [3.05, 3.63) is 0 Å². The van der Waals surface area contributed by atoms with E-state index >= 15 is 0 Å². The summed E-state index contributed by atoms with van der Waals surface area (Å²) < 4.78 is 11.2. The molecule has 1 N–H and O–H groups in total. The fraction of sp³-hybridized carbons (Fsp3) is 0.917. The number of piperazine rings is 1. The van der Waals surface area contributed by atoms with Crippen molar-refractivity contribution in [3.63, 3.8) is 0 Å². The lowest BCUT2D eigenvalue weighted by molar-refractivity contribution is -0.131. The Hall–Kier alpha value is -0.460. The van der Waals surface area contributed by atoms with Gasteiger partial charge in [0, 0.05) is 48.5 Å². The Morgan fingerprint density at radius 1 is 1.33 bits per heavy atom. The summed E-state index contributed by atoms with van der Waals surface area (Å²) in [6.45, 7) is 6.68. The van der Waals surface area contributed by atoms with Crippen LogP contribution < -0.4 is 5.32 Å². The Morgan fingerprint density at radius 3 is 2.50 bits per heavy atom. The molecule has 0 radical (unpaired) electrons. The zero-order valence-electron chi connectivity index (χ0n) is 11.6. The number of likely N-dealkylation sites (N-methyl/N-ethyl adjacent to an activating group) is 1. The van der Waals surface area contributed by atoms with E-state index in [1.54, 1.807) is 6.26 Å². The minimum Gasteiger partial charge on any atom is -0.339 e. The molecule has 0 spiro atoms. The molecule has 1 amide bonds. The highest BCUT2D eigenvalue weighted by molar-refractivity contribution is 7.84. The normalized spacial score (nSPS) is 20.7. The molecule has 2 atom stereocenters. The summed E-state index contributed by atoms with van der Waals surface area (Å²) in [6, 6.07) is 0. The standard InChI is InChI=1S/C12H25N3O2S/c1-11(18(3)17)4-5-13-10-12(16)15-8-6-14(2)7-9-15/h11,13H,4-10H2,1-3H3. The predicted molar refractivity (Wildman–Crippen MR) is 75.1 cm³/mol. The number of hydrogen-bond acceptors (Lipinski definition) is 4. The number of carbonyl (C=O) groups is 1. The minimum absolute atomic E-state index is 0.174. The monoisotopic (exact) mass is 275 g/mol. The van der Waals surface area contributed by atoms with Crippen LogP contribution in [0, 0.1) is 0 Å². The van der Waals surface area contributed by atoms with Crippen molar-refractivity contribution in [1.29, 1.82) is 0 Å². The molecule has 2 unspecified atom stereocenters. The number of amides is 1. The van der Waals surface area contributed by atoms with Crippen molar-refractivity contribution >= 4 is 16.7 Å². The lowest BCUT2D eigenvalue weighted by atomic mass is 10.3. The zero-order chi connectivity index (χ0) is 13.5. The van der Waals surface area contributed by atoms with Gasteiger partial charge in [-0.25, -0.2) is 0 Å². The third-order valence-electron chi connectivity index (χ3n) is 3.43. The molecule has 0 aromatic carbocycles. The van der Waals surface area contributed by atoms with E-state index < -0.39 is 10.8 Å². The highest BCUT2D eigenvalue weighted by Gasteiger charge is 2.18. The molecule has 1 saturated heterocycles. The van der Waals surface area contributed by atoms with Crippen molar-refractivity contribution in [1.82, 2.24) is 15.1 Å². The van der Waals surface area contributed by atoms with Crippen LogP contribution in [0.4, 0.5) is 0 Å². The summed E-state index contributed by atoms with van der Waals surface area (Å²) in [4.78, 5) is 16.0. The van der Waals surface area contributed by atoms with Crippen LogP contribution in [-0.4, -0.2) is 77.7 Å². The van der Waals surface area contributed by atoms with E-state index in [0.29, 0.717) is 6.54 Å². The van der Waals surface area contributed by atoms with Crippen molar-refractivity contribution in [2.24, 2.45) is 0 Å². The highest BCUT2D eigenvalue weighted by Crippen LogP contribution is 2.00. The smallest absolute Gasteiger partial charge is 0.236 e. The van der Waals surface area contributed by atoms with Gasteiger partial charge in [-0.15, -0.1) is 0 Å². The molecule has 0 saturated carbocycles. The molecule has 1 aliphatic rings. The van der Waals surface area contributed by atoms with E-state index in [2.05, 4.69) is 17.3 Å². The van der Waals surface area contributed by atoms with E-state index in [0.717, 1.165) is 39.1 Å². The molecule has 0 bridgehead atoms. The molecule has 106 valence electrons. The quantitative estimate of drug-likeness (QED) is 0.665. The Morgan fingerprint density at radius 2 is 1.94 bits per heavy atom. The van der Waals surface area contributed by atoms with Crippen molar-refractivity contribution in [3.8, 4) is 0 Å². The molecular formula is C12H25N3O2S. The molecule has 6 heteroatoms. The first-order valence-corrected chi connectivity index (χ1v) is 8.12. The maximum atomic E-state index is 11.9. The maximum Gasteiger partial charge on any atom is 0.236 e. The number of nitrogens with zero attached hydrogens (tertiary/aromatic N) is 2. The molecule has 1 heterocycles. The Kier molecular flexibility index (Phi) is 6.81. The van der Waals surface area contributed by atoms with Crippen LogP contribution in [0.25, 0.3) is 0 Å². The lowest BCUT2D eigenvalue weighted by Gasteiger charge is -2.32. The molecule has 1 fully saturated rings. The van der Waals surface area contributed by atoms with E-state index in [-0.39, 0.29) is 11.2 Å². The molecule has 5 nitrogen and oxygen atoms in total. The minimum atomic E-state index is -0.774. The van der Waals surface area contributed by atoms with Crippen LogP contribution in [0.1, 0.15) is 13.3 Å². The first-order chi connectivity index (χ1) is 8.50. The van der Waals surface area contributed by atoms with Gasteiger partial charge in [0.2, 0.25) is 5.91 Å². The van der Waals surface area contributed by atoms with Crippen LogP contribution in [0.3, 0.4) is 0 Å². The van der Waals surface area contributed by atoms with Gasteiger partial charge in [0.05, 0.1) is 6.54 Å². The van der Waals surface area contributed by atoms with Gasteiger partial charge >= 0.3 is 0 Å². The average Bonchev–Trinajstić information content (AvgIpc) is 2.34. The predicted octanol–water partition coefficient (Wildman–Crippen LogP) is -0.493. The number of rotatable bonds is 6. The summed E-state index contributed by atoms with van der Waals surface area (Å²) >= 11 is 0. The summed E-state index contributed by atoms with van der Waals surface area (Å²) in [5, 5.41) is 3.33. The van der Waals surface area contributed by atoms with Gasteiger partial charge in [0.1, 0.15) is 0 Å². The van der Waals surface area contributed by atoms with Gasteiger partial charge in [-0.2, -0.15) is 0 Å². The number of nitrogens with one attached hydrogen (secondary N) is 1. The second kappa shape index (κ2) is 7.86. The molecule has 1 rings (SSSR count). The van der Waals surface area contributed by atoms with Crippen molar-refractivity contribution < 1.29 is 9.00 Å². The van der Waals surface area contributed by atoms with Crippen LogP contribution >= 0.6 is 0 Å². The third kappa shape index (κ3) is 5.46.